The SMILES string of the molecule is C=CC(=O)OCCOCCOCCOCCOCCOCCOCCOCCOCCOCCOCCOCCNc1ccc([N+](=O)[O-])cc1[N+](=O)[O-]. The van der Waals surface area contributed by atoms with Gasteiger partial charge in [0.2, 0.25) is 0 Å². The van der Waals surface area contributed by atoms with Crippen molar-refractivity contribution in [1.82, 2.24) is 0 Å². The van der Waals surface area contributed by atoms with E-state index in [9.17, 15) is 25.0 Å². The van der Waals surface area contributed by atoms with E-state index in [0.717, 1.165) is 12.1 Å². The number of nitrogens with zero attached hydrogens (tertiary/aromatic N) is 2. The van der Waals surface area contributed by atoms with E-state index >= 15 is 0 Å². The summed E-state index contributed by atoms with van der Waals surface area (Å²) in [6.45, 7) is 13.0. The summed E-state index contributed by atoms with van der Waals surface area (Å²) >= 11 is 0. The zero-order valence-electron chi connectivity index (χ0n) is 30.3. The molecule has 20 nitrogen and oxygen atoms in total. The molecule has 0 aliphatic heterocycles. The number of carbonyl (C=O) groups excluding carboxylic acids is 1. The number of hydrogen-bond donors (Lipinski definition) is 1. The molecule has 0 heterocycles. The van der Waals surface area contributed by atoms with E-state index in [-0.39, 0.29) is 36.8 Å². The lowest BCUT2D eigenvalue weighted by molar-refractivity contribution is -0.393. The summed E-state index contributed by atoms with van der Waals surface area (Å²) in [5, 5.41) is 24.8. The predicted molar refractivity (Wildman–Crippen MR) is 188 cm³/mol. The van der Waals surface area contributed by atoms with Crippen molar-refractivity contribution in [1.29, 1.82) is 0 Å². The lowest BCUT2D eigenvalue weighted by atomic mass is 10.2. The van der Waals surface area contributed by atoms with E-state index in [1.165, 1.54) is 12.1 Å². The maximum Gasteiger partial charge on any atom is 0.330 e. The smallest absolute Gasteiger partial charge is 0.330 e. The van der Waals surface area contributed by atoms with Gasteiger partial charge >= 0.3 is 5.97 Å². The molecular formula is C33H55N3O17. The first-order valence-corrected chi connectivity index (χ1v) is 17.3. The molecule has 1 rings (SSSR count). The number of esters is 1. The van der Waals surface area contributed by atoms with Crippen LogP contribution < -0.4 is 5.32 Å². The van der Waals surface area contributed by atoms with Crippen LogP contribution in [0.3, 0.4) is 0 Å². The summed E-state index contributed by atoms with van der Waals surface area (Å²) in [7, 11) is 0. The number of non-ortho nitro benzene ring substituents is 1. The van der Waals surface area contributed by atoms with Gasteiger partial charge in [-0.1, -0.05) is 6.58 Å². The van der Waals surface area contributed by atoms with Crippen LogP contribution in [0.4, 0.5) is 17.1 Å². The van der Waals surface area contributed by atoms with Gasteiger partial charge in [-0.15, -0.1) is 0 Å². The summed E-state index contributed by atoms with van der Waals surface area (Å²) in [4.78, 5) is 31.4. The van der Waals surface area contributed by atoms with Crippen molar-refractivity contribution >= 4 is 23.0 Å². The zero-order valence-corrected chi connectivity index (χ0v) is 30.3. The molecule has 0 unspecified atom stereocenters. The van der Waals surface area contributed by atoms with E-state index in [2.05, 4.69) is 11.9 Å². The van der Waals surface area contributed by atoms with E-state index in [0.29, 0.717) is 139 Å². The Morgan fingerprint density at radius 3 is 1.15 bits per heavy atom. The average Bonchev–Trinajstić information content (AvgIpc) is 3.15. The van der Waals surface area contributed by atoms with Crippen LogP contribution in [0.25, 0.3) is 0 Å². The zero-order chi connectivity index (χ0) is 38.5. The highest BCUT2D eigenvalue weighted by Crippen LogP contribution is 2.28. The van der Waals surface area contributed by atoms with Gasteiger partial charge in [-0.3, -0.25) is 20.2 Å². The molecule has 0 fully saturated rings. The molecule has 0 saturated carbocycles. The molecule has 0 atom stereocenters. The molecule has 0 spiro atoms. The van der Waals surface area contributed by atoms with Crippen molar-refractivity contribution < 1.29 is 71.5 Å². The Hall–Kier alpha value is -3.41. The van der Waals surface area contributed by atoms with Crippen LogP contribution >= 0.6 is 0 Å². The van der Waals surface area contributed by atoms with Gasteiger partial charge in [0.05, 0.1) is 161 Å². The van der Waals surface area contributed by atoms with Gasteiger partial charge in [0.25, 0.3) is 11.4 Å². The van der Waals surface area contributed by atoms with Crippen molar-refractivity contribution in [2.75, 3.05) is 164 Å². The predicted octanol–water partition coefficient (Wildman–Crippen LogP) is 1.83. The summed E-state index contributed by atoms with van der Waals surface area (Å²) in [5.74, 6) is -0.471. The van der Waals surface area contributed by atoms with Gasteiger partial charge in [0.1, 0.15) is 12.3 Å². The highest BCUT2D eigenvalue weighted by Gasteiger charge is 2.19. The number of rotatable bonds is 40. The maximum absolute atomic E-state index is 11.1. The van der Waals surface area contributed by atoms with Crippen LogP contribution in [-0.4, -0.2) is 174 Å². The molecule has 0 saturated heterocycles. The Balaban J connectivity index is 1.71. The van der Waals surface area contributed by atoms with Gasteiger partial charge in [0, 0.05) is 18.7 Å². The van der Waals surface area contributed by atoms with Crippen molar-refractivity contribution in [2.45, 2.75) is 0 Å². The summed E-state index contributed by atoms with van der Waals surface area (Å²) in [6.07, 6.45) is 1.10. The van der Waals surface area contributed by atoms with E-state index in [4.69, 9.17) is 56.8 Å². The van der Waals surface area contributed by atoms with Crippen molar-refractivity contribution in [3.63, 3.8) is 0 Å². The molecule has 304 valence electrons. The minimum Gasteiger partial charge on any atom is -0.460 e. The first-order valence-electron chi connectivity index (χ1n) is 17.3. The number of hydrogen-bond acceptors (Lipinski definition) is 18. The molecule has 0 radical (unpaired) electrons. The lowest BCUT2D eigenvalue weighted by Gasteiger charge is -2.09. The van der Waals surface area contributed by atoms with Crippen LogP contribution in [-0.2, 0) is 61.6 Å². The number of nitro groups is 2. The Bertz CT molecular complexity index is 1090. The summed E-state index contributed by atoms with van der Waals surface area (Å²) < 4.78 is 64.4. The van der Waals surface area contributed by atoms with Crippen LogP contribution in [0.1, 0.15) is 0 Å². The molecule has 1 aromatic rings. The molecule has 0 aliphatic carbocycles. The highest BCUT2D eigenvalue weighted by atomic mass is 16.6. The second-order valence-corrected chi connectivity index (χ2v) is 10.3. The molecule has 0 bridgehead atoms. The van der Waals surface area contributed by atoms with Gasteiger partial charge in [-0.05, 0) is 6.07 Å². The molecular weight excluding hydrogens is 710 g/mol. The second-order valence-electron chi connectivity index (χ2n) is 10.3. The molecule has 53 heavy (non-hydrogen) atoms. The van der Waals surface area contributed by atoms with Gasteiger partial charge in [0.15, 0.2) is 0 Å². The van der Waals surface area contributed by atoms with Gasteiger partial charge in [-0.2, -0.15) is 0 Å². The van der Waals surface area contributed by atoms with Crippen LogP contribution in [0, 0.1) is 20.2 Å². The molecule has 0 aliphatic rings. The quantitative estimate of drug-likeness (QED) is 0.0330. The fourth-order valence-corrected chi connectivity index (χ4v) is 3.75. The minimum atomic E-state index is -0.684. The Morgan fingerprint density at radius 2 is 0.849 bits per heavy atom. The number of nitrogens with one attached hydrogen (secondary N) is 1. The third kappa shape index (κ3) is 29.7. The normalized spacial score (nSPS) is 11.1. The van der Waals surface area contributed by atoms with Crippen LogP contribution in [0.2, 0.25) is 0 Å². The van der Waals surface area contributed by atoms with Crippen LogP contribution in [0.15, 0.2) is 30.9 Å². The molecule has 1 aromatic carbocycles. The number of ether oxygens (including phenoxy) is 12. The molecule has 1 N–H and O–H groups in total. The molecule has 0 amide bonds. The third-order valence-corrected chi connectivity index (χ3v) is 6.31. The number of nitro benzene ring substituents is 2. The lowest BCUT2D eigenvalue weighted by Crippen LogP contribution is -2.16. The third-order valence-electron chi connectivity index (χ3n) is 6.31. The number of carbonyl (C=O) groups is 1. The second kappa shape index (κ2) is 35.6. The fraction of sp³-hybridized carbons (Fsp3) is 0.727. The van der Waals surface area contributed by atoms with Crippen molar-refractivity contribution in [3.05, 3.63) is 51.1 Å². The molecule has 0 aromatic heterocycles. The topological polar surface area (TPSA) is 226 Å². The van der Waals surface area contributed by atoms with E-state index in [1.807, 2.05) is 0 Å². The van der Waals surface area contributed by atoms with Crippen molar-refractivity contribution in [2.24, 2.45) is 0 Å². The fourth-order valence-electron chi connectivity index (χ4n) is 3.75. The van der Waals surface area contributed by atoms with E-state index < -0.39 is 15.8 Å². The van der Waals surface area contributed by atoms with E-state index in [1.54, 1.807) is 0 Å². The minimum absolute atomic E-state index is 0.181. The highest BCUT2D eigenvalue weighted by molar-refractivity contribution is 5.81. The Labute approximate surface area is 309 Å². The largest absolute Gasteiger partial charge is 0.460 e. The Kier molecular flexibility index (Phi) is 32.0. The first kappa shape index (κ1) is 47.6. The van der Waals surface area contributed by atoms with Gasteiger partial charge < -0.3 is 62.2 Å². The average molecular weight is 766 g/mol. The number of anilines is 1. The monoisotopic (exact) mass is 765 g/mol. The number of benzene rings is 1. The maximum atomic E-state index is 11.1. The standard InChI is InChI=1S/C33H55N3O17/c1-2-33(37)53-28-27-52-26-25-51-24-23-50-22-21-49-20-19-48-18-17-47-16-15-46-14-13-45-12-11-44-10-9-43-8-7-42-6-5-34-31-4-3-30(35(38)39)29-32(31)36(40)41/h2-4,29,34H,1,5-28H2. The van der Waals surface area contributed by atoms with Gasteiger partial charge in [-0.25, -0.2) is 4.79 Å². The van der Waals surface area contributed by atoms with Crippen molar-refractivity contribution in [3.8, 4) is 0 Å². The summed E-state index contributed by atoms with van der Waals surface area (Å²) in [5.41, 5.74) is -0.539. The Morgan fingerprint density at radius 1 is 0.528 bits per heavy atom. The first-order chi connectivity index (χ1) is 26.0. The summed E-state index contributed by atoms with van der Waals surface area (Å²) in [6, 6.07) is 3.42. The van der Waals surface area contributed by atoms with Crippen LogP contribution in [0.5, 0.6) is 0 Å². The molecule has 20 heteroatoms.